The number of rotatable bonds is 6. The van der Waals surface area contributed by atoms with E-state index in [4.69, 9.17) is 0 Å². The molecule has 0 amide bonds. The van der Waals surface area contributed by atoms with Gasteiger partial charge in [0.15, 0.2) is 0 Å². The molecule has 3 heterocycles. The van der Waals surface area contributed by atoms with Crippen LogP contribution in [0.5, 0.6) is 0 Å². The van der Waals surface area contributed by atoms with Crippen LogP contribution >= 0.6 is 11.3 Å². The Bertz CT molecular complexity index is 930. The lowest BCUT2D eigenvalue weighted by Gasteiger charge is -2.02. The SMILES string of the molecule is CCc1ccc(S(=O)(=O)NCc2cc(-c3ccncc3)n(C)n2)s1. The summed E-state index contributed by atoms with van der Waals surface area (Å²) < 4.78 is 29.4. The Balaban J connectivity index is 1.75. The van der Waals surface area contributed by atoms with Crippen LogP contribution in [0.2, 0.25) is 0 Å². The van der Waals surface area contributed by atoms with E-state index in [1.807, 2.05) is 38.2 Å². The topological polar surface area (TPSA) is 76.9 Å². The smallest absolute Gasteiger partial charge is 0.250 e. The maximum absolute atomic E-state index is 12.4. The summed E-state index contributed by atoms with van der Waals surface area (Å²) in [5.41, 5.74) is 2.57. The first kappa shape index (κ1) is 16.8. The van der Waals surface area contributed by atoms with Crippen LogP contribution in [0.25, 0.3) is 11.3 Å². The number of aryl methyl sites for hydroxylation is 2. The van der Waals surface area contributed by atoms with Crippen LogP contribution in [0.4, 0.5) is 0 Å². The van der Waals surface area contributed by atoms with E-state index in [1.165, 1.54) is 11.3 Å². The summed E-state index contributed by atoms with van der Waals surface area (Å²) in [7, 11) is -1.67. The van der Waals surface area contributed by atoms with Gasteiger partial charge in [-0.3, -0.25) is 9.67 Å². The van der Waals surface area contributed by atoms with Gasteiger partial charge in [0.2, 0.25) is 10.0 Å². The van der Waals surface area contributed by atoms with Gasteiger partial charge in [0.05, 0.1) is 17.9 Å². The van der Waals surface area contributed by atoms with Crippen LogP contribution in [0, 0.1) is 0 Å². The molecule has 0 fully saturated rings. The standard InChI is InChI=1S/C16H18N4O2S2/c1-3-14-4-5-16(23-14)24(21,22)18-11-13-10-15(20(2)19-13)12-6-8-17-9-7-12/h4-10,18H,3,11H2,1-2H3. The molecule has 8 heteroatoms. The highest BCUT2D eigenvalue weighted by Gasteiger charge is 2.17. The fourth-order valence-electron chi connectivity index (χ4n) is 2.34. The van der Waals surface area contributed by atoms with Crippen LogP contribution in [-0.2, 0) is 30.0 Å². The maximum atomic E-state index is 12.4. The lowest BCUT2D eigenvalue weighted by molar-refractivity contribution is 0.581. The molecule has 3 aromatic rings. The van der Waals surface area contributed by atoms with E-state index in [9.17, 15) is 8.42 Å². The van der Waals surface area contributed by atoms with Gasteiger partial charge in [-0.25, -0.2) is 13.1 Å². The summed E-state index contributed by atoms with van der Waals surface area (Å²) in [5, 5.41) is 4.38. The van der Waals surface area contributed by atoms with Crippen molar-refractivity contribution in [2.45, 2.75) is 24.1 Å². The second-order valence-electron chi connectivity index (χ2n) is 5.28. The van der Waals surface area contributed by atoms with Gasteiger partial charge in [0.25, 0.3) is 0 Å². The number of nitrogens with one attached hydrogen (secondary N) is 1. The van der Waals surface area contributed by atoms with Crippen molar-refractivity contribution in [3.8, 4) is 11.3 Å². The summed E-state index contributed by atoms with van der Waals surface area (Å²) in [6.45, 7) is 2.16. The Kier molecular flexibility index (Phi) is 4.79. The highest BCUT2D eigenvalue weighted by atomic mass is 32.2. The highest BCUT2D eigenvalue weighted by molar-refractivity contribution is 7.91. The average Bonchev–Trinajstić information content (AvgIpc) is 3.21. The molecule has 126 valence electrons. The number of sulfonamides is 1. The second-order valence-corrected chi connectivity index (χ2v) is 8.44. The number of nitrogens with zero attached hydrogens (tertiary/aromatic N) is 3. The Morgan fingerprint density at radius 2 is 1.96 bits per heavy atom. The van der Waals surface area contributed by atoms with E-state index in [2.05, 4.69) is 14.8 Å². The molecule has 6 nitrogen and oxygen atoms in total. The van der Waals surface area contributed by atoms with Crippen LogP contribution in [0.15, 0.2) is 46.9 Å². The average molecular weight is 362 g/mol. The van der Waals surface area contributed by atoms with Gasteiger partial charge in [-0.1, -0.05) is 6.92 Å². The van der Waals surface area contributed by atoms with Crippen LogP contribution in [-0.4, -0.2) is 23.2 Å². The summed E-state index contributed by atoms with van der Waals surface area (Å²) in [6, 6.07) is 9.16. The number of hydrogen-bond acceptors (Lipinski definition) is 5. The zero-order valence-electron chi connectivity index (χ0n) is 13.4. The summed E-state index contributed by atoms with van der Waals surface area (Å²) in [5.74, 6) is 0. The lowest BCUT2D eigenvalue weighted by Crippen LogP contribution is -2.22. The predicted octanol–water partition coefficient (Wildman–Crippen LogP) is 2.58. The van der Waals surface area contributed by atoms with E-state index in [-0.39, 0.29) is 6.54 Å². The second kappa shape index (κ2) is 6.84. The Morgan fingerprint density at radius 3 is 2.62 bits per heavy atom. The summed E-state index contributed by atoms with van der Waals surface area (Å²) in [6.07, 6.45) is 4.26. The van der Waals surface area contributed by atoms with Crippen molar-refractivity contribution < 1.29 is 8.42 Å². The molecule has 3 rings (SSSR count). The van der Waals surface area contributed by atoms with E-state index in [1.54, 1.807) is 23.1 Å². The van der Waals surface area contributed by atoms with Gasteiger partial charge in [0, 0.05) is 29.9 Å². The van der Waals surface area contributed by atoms with Gasteiger partial charge in [-0.05, 0) is 36.8 Å². The molecule has 0 aliphatic rings. The molecule has 0 aliphatic heterocycles. The fourth-order valence-corrected chi connectivity index (χ4v) is 4.68. The largest absolute Gasteiger partial charge is 0.268 e. The van der Waals surface area contributed by atoms with Gasteiger partial charge < -0.3 is 0 Å². The molecule has 0 saturated heterocycles. The minimum Gasteiger partial charge on any atom is -0.268 e. The van der Waals surface area contributed by atoms with Crippen molar-refractivity contribution in [2.75, 3.05) is 0 Å². The van der Waals surface area contributed by atoms with E-state index in [0.717, 1.165) is 22.6 Å². The zero-order valence-corrected chi connectivity index (χ0v) is 15.1. The number of pyridine rings is 1. The molecule has 0 aliphatic carbocycles. The molecule has 0 saturated carbocycles. The van der Waals surface area contributed by atoms with Crippen LogP contribution in [0.3, 0.4) is 0 Å². The number of thiophene rings is 1. The zero-order chi connectivity index (χ0) is 17.2. The van der Waals surface area contributed by atoms with Gasteiger partial charge in [-0.2, -0.15) is 5.10 Å². The van der Waals surface area contributed by atoms with Crippen molar-refractivity contribution in [3.05, 3.63) is 53.3 Å². The minimum atomic E-state index is -3.51. The van der Waals surface area contributed by atoms with Crippen molar-refractivity contribution >= 4 is 21.4 Å². The molecule has 24 heavy (non-hydrogen) atoms. The molecule has 0 unspecified atom stereocenters. The van der Waals surface area contributed by atoms with Gasteiger partial charge >= 0.3 is 0 Å². The Hall–Kier alpha value is -2.03. The van der Waals surface area contributed by atoms with Crippen LogP contribution in [0.1, 0.15) is 17.5 Å². The normalized spacial score (nSPS) is 11.8. The number of hydrogen-bond donors (Lipinski definition) is 1. The monoisotopic (exact) mass is 362 g/mol. The molecule has 0 aromatic carbocycles. The van der Waals surface area contributed by atoms with E-state index >= 15 is 0 Å². The molecular weight excluding hydrogens is 344 g/mol. The molecular formula is C16H18N4O2S2. The first-order valence-electron chi connectivity index (χ1n) is 7.51. The van der Waals surface area contributed by atoms with Crippen LogP contribution < -0.4 is 4.72 Å². The highest BCUT2D eigenvalue weighted by Crippen LogP contribution is 2.22. The molecule has 0 bridgehead atoms. The van der Waals surface area contributed by atoms with Crippen molar-refractivity contribution in [2.24, 2.45) is 7.05 Å². The van der Waals surface area contributed by atoms with E-state index in [0.29, 0.717) is 9.90 Å². The van der Waals surface area contributed by atoms with Gasteiger partial charge in [0.1, 0.15) is 4.21 Å². The third kappa shape index (κ3) is 3.55. The Morgan fingerprint density at radius 1 is 1.21 bits per heavy atom. The Labute approximate surface area is 145 Å². The molecule has 0 spiro atoms. The molecule has 3 aromatic heterocycles. The molecule has 0 atom stereocenters. The quantitative estimate of drug-likeness (QED) is 0.731. The molecule has 0 radical (unpaired) electrons. The lowest BCUT2D eigenvalue weighted by atomic mass is 10.2. The third-order valence-corrected chi connectivity index (χ3v) is 6.72. The summed E-state index contributed by atoms with van der Waals surface area (Å²) >= 11 is 1.30. The predicted molar refractivity (Wildman–Crippen MR) is 94.2 cm³/mol. The minimum absolute atomic E-state index is 0.153. The van der Waals surface area contributed by atoms with Crippen molar-refractivity contribution in [1.82, 2.24) is 19.5 Å². The van der Waals surface area contributed by atoms with E-state index < -0.39 is 10.0 Å². The molecule has 1 N–H and O–H groups in total. The van der Waals surface area contributed by atoms with Gasteiger partial charge in [-0.15, -0.1) is 11.3 Å². The number of aromatic nitrogens is 3. The first-order chi connectivity index (χ1) is 11.5. The van der Waals surface area contributed by atoms with Crippen molar-refractivity contribution in [1.29, 1.82) is 0 Å². The van der Waals surface area contributed by atoms with Crippen molar-refractivity contribution in [3.63, 3.8) is 0 Å². The fraction of sp³-hybridized carbons (Fsp3) is 0.250. The summed E-state index contributed by atoms with van der Waals surface area (Å²) in [4.78, 5) is 5.05. The maximum Gasteiger partial charge on any atom is 0.250 e. The first-order valence-corrected chi connectivity index (χ1v) is 9.81. The third-order valence-electron chi connectivity index (χ3n) is 3.60.